The lowest BCUT2D eigenvalue weighted by molar-refractivity contribution is -0.138. The van der Waals surface area contributed by atoms with Gasteiger partial charge in [0, 0.05) is 31.5 Å². The van der Waals surface area contributed by atoms with E-state index in [1.807, 2.05) is 0 Å². The van der Waals surface area contributed by atoms with Crippen LogP contribution in [0.2, 0.25) is 0 Å². The number of likely N-dealkylation sites (tertiary alicyclic amines) is 1. The molecular weight excluding hydrogens is 284 g/mol. The van der Waals surface area contributed by atoms with E-state index in [0.29, 0.717) is 24.8 Å². The Bertz CT molecular complexity index is 514. The number of aromatic nitrogens is 1. The number of hydrogen-bond acceptors (Lipinski definition) is 4. The third-order valence-corrected chi connectivity index (χ3v) is 4.51. The summed E-state index contributed by atoms with van der Waals surface area (Å²) in [5.74, 6) is -0.130. The van der Waals surface area contributed by atoms with Crippen molar-refractivity contribution in [3.63, 3.8) is 0 Å². The van der Waals surface area contributed by atoms with Crippen LogP contribution in [0.25, 0.3) is 0 Å². The van der Waals surface area contributed by atoms with Crippen molar-refractivity contribution < 1.29 is 19.2 Å². The monoisotopic (exact) mass is 308 g/mol. The van der Waals surface area contributed by atoms with Gasteiger partial charge >= 0.3 is 5.97 Å². The lowest BCUT2D eigenvalue weighted by atomic mass is 9.93. The van der Waals surface area contributed by atoms with E-state index in [1.165, 1.54) is 0 Å². The summed E-state index contributed by atoms with van der Waals surface area (Å²) < 4.78 is 5.22. The summed E-state index contributed by atoms with van der Waals surface area (Å²) in [5.41, 5.74) is 0.842. The molecule has 0 atom stereocenters. The predicted octanol–water partition coefficient (Wildman–Crippen LogP) is 2.91. The molecule has 0 radical (unpaired) electrons. The topological polar surface area (TPSA) is 83.6 Å². The maximum absolute atomic E-state index is 12.4. The Labute approximate surface area is 130 Å². The molecule has 2 heterocycles. The molecular formula is C16H24N2O4. The molecule has 2 rings (SSSR count). The molecule has 1 aromatic heterocycles. The van der Waals surface area contributed by atoms with Crippen LogP contribution in [-0.2, 0) is 4.79 Å². The lowest BCUT2D eigenvalue weighted by Gasteiger charge is -2.30. The minimum absolute atomic E-state index is 0.140. The summed E-state index contributed by atoms with van der Waals surface area (Å²) in [6.45, 7) is 5.35. The second-order valence-electron chi connectivity index (χ2n) is 5.96. The number of carbonyl (C=O) groups excluding carboxylic acids is 1. The Balaban J connectivity index is 1.94. The van der Waals surface area contributed by atoms with Crippen molar-refractivity contribution >= 4 is 11.9 Å². The Kier molecular flexibility index (Phi) is 5.57. The van der Waals surface area contributed by atoms with E-state index in [0.717, 1.165) is 31.4 Å². The first kappa shape index (κ1) is 16.5. The molecule has 0 bridgehead atoms. The van der Waals surface area contributed by atoms with Crippen LogP contribution in [0.5, 0.6) is 0 Å². The zero-order valence-electron chi connectivity index (χ0n) is 13.2. The van der Waals surface area contributed by atoms with Crippen LogP contribution >= 0.6 is 0 Å². The molecule has 6 nitrogen and oxygen atoms in total. The van der Waals surface area contributed by atoms with Crippen LogP contribution in [0, 0.1) is 5.92 Å². The van der Waals surface area contributed by atoms with Gasteiger partial charge < -0.3 is 14.5 Å². The van der Waals surface area contributed by atoms with Gasteiger partial charge in [-0.05, 0) is 31.6 Å². The van der Waals surface area contributed by atoms with Gasteiger partial charge in [-0.25, -0.2) is 0 Å². The van der Waals surface area contributed by atoms with Gasteiger partial charge in [-0.15, -0.1) is 0 Å². The van der Waals surface area contributed by atoms with Crippen molar-refractivity contribution in [2.45, 2.75) is 51.9 Å². The van der Waals surface area contributed by atoms with Crippen LogP contribution in [0.1, 0.15) is 68.1 Å². The average molecular weight is 308 g/mol. The molecule has 0 aromatic carbocycles. The largest absolute Gasteiger partial charge is 0.481 e. The second kappa shape index (κ2) is 7.42. The Hall–Kier alpha value is -1.85. The second-order valence-corrected chi connectivity index (χ2v) is 5.96. The van der Waals surface area contributed by atoms with E-state index in [9.17, 15) is 9.59 Å². The highest BCUT2D eigenvalue weighted by Gasteiger charge is 2.27. The van der Waals surface area contributed by atoms with E-state index in [-0.39, 0.29) is 18.2 Å². The van der Waals surface area contributed by atoms with Crippen molar-refractivity contribution in [2.75, 3.05) is 13.1 Å². The number of amides is 1. The number of nitrogens with zero attached hydrogens (tertiary/aromatic N) is 2. The smallest absolute Gasteiger partial charge is 0.303 e. The highest BCUT2D eigenvalue weighted by molar-refractivity contribution is 5.91. The zero-order valence-corrected chi connectivity index (χ0v) is 13.2. The minimum Gasteiger partial charge on any atom is -0.481 e. The molecule has 1 fully saturated rings. The molecule has 0 saturated carbocycles. The van der Waals surface area contributed by atoms with Crippen LogP contribution in [0.4, 0.5) is 0 Å². The molecule has 0 aliphatic carbocycles. The molecule has 0 unspecified atom stereocenters. The molecule has 1 saturated heterocycles. The molecule has 1 aliphatic heterocycles. The maximum atomic E-state index is 12.4. The fourth-order valence-corrected chi connectivity index (χ4v) is 3.03. The van der Waals surface area contributed by atoms with Crippen LogP contribution < -0.4 is 0 Å². The molecule has 22 heavy (non-hydrogen) atoms. The van der Waals surface area contributed by atoms with Gasteiger partial charge in [0.2, 0.25) is 5.76 Å². The van der Waals surface area contributed by atoms with Crippen molar-refractivity contribution in [1.82, 2.24) is 10.1 Å². The third-order valence-electron chi connectivity index (χ3n) is 4.51. The minimum atomic E-state index is -0.769. The van der Waals surface area contributed by atoms with Gasteiger partial charge in [-0.1, -0.05) is 19.0 Å². The Morgan fingerprint density at radius 3 is 2.55 bits per heavy atom. The summed E-state index contributed by atoms with van der Waals surface area (Å²) >= 11 is 0. The summed E-state index contributed by atoms with van der Waals surface area (Å²) in [5, 5.41) is 12.8. The summed E-state index contributed by atoms with van der Waals surface area (Å²) in [6, 6.07) is 1.75. The van der Waals surface area contributed by atoms with E-state index in [1.54, 1.807) is 11.0 Å². The molecule has 0 spiro atoms. The van der Waals surface area contributed by atoms with Gasteiger partial charge in [0.25, 0.3) is 5.91 Å². The first-order valence-electron chi connectivity index (χ1n) is 8.02. The quantitative estimate of drug-likeness (QED) is 0.873. The Morgan fingerprint density at radius 2 is 2.00 bits per heavy atom. The Morgan fingerprint density at radius 1 is 1.36 bits per heavy atom. The van der Waals surface area contributed by atoms with Crippen LogP contribution in [0.3, 0.4) is 0 Å². The van der Waals surface area contributed by atoms with Gasteiger partial charge in [0.1, 0.15) is 0 Å². The van der Waals surface area contributed by atoms with Crippen molar-refractivity contribution in [1.29, 1.82) is 0 Å². The molecule has 1 aromatic rings. The summed E-state index contributed by atoms with van der Waals surface area (Å²) in [4.78, 5) is 24.9. The third kappa shape index (κ3) is 3.87. The SMILES string of the molecule is CCC(CC)c1cc(C(=O)N2CCC(CC(=O)O)CC2)on1. The maximum Gasteiger partial charge on any atom is 0.303 e. The first-order chi connectivity index (χ1) is 10.5. The fourth-order valence-electron chi connectivity index (χ4n) is 3.03. The van der Waals surface area contributed by atoms with Crippen LogP contribution in [-0.4, -0.2) is 40.1 Å². The van der Waals surface area contributed by atoms with Gasteiger partial charge in [-0.2, -0.15) is 0 Å². The standard InChI is InChI=1S/C16H24N2O4/c1-3-12(4-2)13-10-14(22-17-13)16(21)18-7-5-11(6-8-18)9-15(19)20/h10-12H,3-9H2,1-2H3,(H,19,20). The number of aliphatic carboxylic acids is 1. The van der Waals surface area contributed by atoms with Crippen molar-refractivity contribution in [2.24, 2.45) is 5.92 Å². The van der Waals surface area contributed by atoms with Crippen molar-refractivity contribution in [3.05, 3.63) is 17.5 Å². The molecule has 1 aliphatic rings. The molecule has 122 valence electrons. The van der Waals surface area contributed by atoms with Crippen molar-refractivity contribution in [3.8, 4) is 0 Å². The lowest BCUT2D eigenvalue weighted by Crippen LogP contribution is -2.38. The highest BCUT2D eigenvalue weighted by Crippen LogP contribution is 2.25. The predicted molar refractivity (Wildman–Crippen MR) is 80.7 cm³/mol. The molecule has 6 heteroatoms. The number of carboxylic acid groups (broad SMARTS) is 1. The first-order valence-corrected chi connectivity index (χ1v) is 8.02. The van der Waals surface area contributed by atoms with Gasteiger partial charge in [-0.3, -0.25) is 9.59 Å². The van der Waals surface area contributed by atoms with Gasteiger partial charge in [0.05, 0.1) is 5.69 Å². The number of hydrogen-bond donors (Lipinski definition) is 1. The fraction of sp³-hybridized carbons (Fsp3) is 0.688. The van der Waals surface area contributed by atoms with E-state index < -0.39 is 5.97 Å². The molecule has 1 amide bonds. The van der Waals surface area contributed by atoms with E-state index in [4.69, 9.17) is 9.63 Å². The highest BCUT2D eigenvalue weighted by atomic mass is 16.5. The number of carboxylic acids is 1. The average Bonchev–Trinajstić information content (AvgIpc) is 2.98. The molecule has 1 N–H and O–H groups in total. The van der Waals surface area contributed by atoms with Crippen LogP contribution in [0.15, 0.2) is 10.6 Å². The summed E-state index contributed by atoms with van der Waals surface area (Å²) in [7, 11) is 0. The normalized spacial score (nSPS) is 16.2. The van der Waals surface area contributed by atoms with E-state index in [2.05, 4.69) is 19.0 Å². The number of carbonyl (C=O) groups is 2. The van der Waals surface area contributed by atoms with Gasteiger partial charge in [0.15, 0.2) is 0 Å². The number of rotatable bonds is 6. The zero-order chi connectivity index (χ0) is 16.1. The summed E-state index contributed by atoms with van der Waals surface area (Å²) in [6.07, 6.45) is 3.58. The van der Waals surface area contributed by atoms with E-state index >= 15 is 0 Å². The number of piperidine rings is 1.